The number of aromatic hydroxyl groups is 1. The lowest BCUT2D eigenvalue weighted by atomic mass is 10.0. The Hall–Kier alpha value is -0.990. The Kier molecular flexibility index (Phi) is 5.03. The molecule has 0 aromatic carbocycles. The van der Waals surface area contributed by atoms with Crippen LogP contribution < -0.4 is 0 Å². The molecular formula is C14H26N2O. The third-order valence-corrected chi connectivity index (χ3v) is 3.17. The topological polar surface area (TPSA) is 38.0 Å². The van der Waals surface area contributed by atoms with Crippen molar-refractivity contribution in [1.29, 1.82) is 0 Å². The maximum Gasteiger partial charge on any atom is 0.160 e. The van der Waals surface area contributed by atoms with E-state index in [9.17, 15) is 5.11 Å². The molecule has 1 rings (SSSR count). The van der Waals surface area contributed by atoms with Crippen molar-refractivity contribution in [3.8, 4) is 5.75 Å². The average molecular weight is 238 g/mol. The fraction of sp³-hybridized carbons (Fsp3) is 0.786. The van der Waals surface area contributed by atoms with Gasteiger partial charge in [0.05, 0.1) is 5.69 Å². The van der Waals surface area contributed by atoms with Crippen molar-refractivity contribution in [2.45, 2.75) is 66.3 Å². The van der Waals surface area contributed by atoms with Gasteiger partial charge in [0.1, 0.15) is 5.69 Å². The molecule has 1 heterocycles. The molecule has 1 N–H and O–H groups in total. The Morgan fingerprint density at radius 2 is 1.88 bits per heavy atom. The highest BCUT2D eigenvalue weighted by molar-refractivity contribution is 5.34. The van der Waals surface area contributed by atoms with E-state index in [1.54, 1.807) is 0 Å². The van der Waals surface area contributed by atoms with Crippen LogP contribution in [-0.4, -0.2) is 14.9 Å². The first-order valence-corrected chi connectivity index (χ1v) is 6.79. The highest BCUT2D eigenvalue weighted by atomic mass is 16.3. The van der Waals surface area contributed by atoms with E-state index in [-0.39, 0.29) is 0 Å². The molecule has 3 heteroatoms. The van der Waals surface area contributed by atoms with Crippen LogP contribution in [0.1, 0.15) is 64.8 Å². The molecule has 1 aromatic heterocycles. The van der Waals surface area contributed by atoms with Crippen molar-refractivity contribution in [2.24, 2.45) is 5.92 Å². The third-order valence-electron chi connectivity index (χ3n) is 3.17. The maximum absolute atomic E-state index is 10.3. The normalized spacial score (nSPS) is 13.3. The van der Waals surface area contributed by atoms with Crippen LogP contribution in [0.25, 0.3) is 0 Å². The first kappa shape index (κ1) is 14.1. The van der Waals surface area contributed by atoms with Gasteiger partial charge in [-0.1, -0.05) is 34.6 Å². The van der Waals surface area contributed by atoms with Crippen molar-refractivity contribution in [3.63, 3.8) is 0 Å². The zero-order valence-electron chi connectivity index (χ0n) is 11.8. The van der Waals surface area contributed by atoms with Gasteiger partial charge in [0.15, 0.2) is 5.75 Å². The molecule has 0 amide bonds. The van der Waals surface area contributed by atoms with Crippen molar-refractivity contribution < 1.29 is 5.11 Å². The SMILES string of the molecule is CCCn1nc(C(C)CC)c(O)c1CC(C)C. The standard InChI is InChI=1S/C14H26N2O/c1-6-8-16-12(9-10(3)4)14(17)13(15-16)11(5)7-2/h10-11,17H,6-9H2,1-5H3. The summed E-state index contributed by atoms with van der Waals surface area (Å²) >= 11 is 0. The number of hydrogen-bond acceptors (Lipinski definition) is 2. The largest absolute Gasteiger partial charge is 0.504 e. The van der Waals surface area contributed by atoms with Crippen LogP contribution >= 0.6 is 0 Å². The second-order valence-electron chi connectivity index (χ2n) is 5.31. The summed E-state index contributed by atoms with van der Waals surface area (Å²) in [4.78, 5) is 0. The average Bonchev–Trinajstić information content (AvgIpc) is 2.57. The van der Waals surface area contributed by atoms with E-state index in [1.807, 2.05) is 4.68 Å². The molecule has 0 bridgehead atoms. The zero-order chi connectivity index (χ0) is 13.0. The van der Waals surface area contributed by atoms with Crippen molar-refractivity contribution in [1.82, 2.24) is 9.78 Å². The summed E-state index contributed by atoms with van der Waals surface area (Å²) < 4.78 is 2.00. The Balaban J connectivity index is 3.10. The van der Waals surface area contributed by atoms with E-state index in [2.05, 4.69) is 39.7 Å². The monoisotopic (exact) mass is 238 g/mol. The minimum absolute atomic E-state index is 0.332. The summed E-state index contributed by atoms with van der Waals surface area (Å²) in [5.41, 5.74) is 1.88. The summed E-state index contributed by atoms with van der Waals surface area (Å²) in [7, 11) is 0. The van der Waals surface area contributed by atoms with Crippen LogP contribution in [-0.2, 0) is 13.0 Å². The maximum atomic E-state index is 10.3. The van der Waals surface area contributed by atoms with Gasteiger partial charge in [0.25, 0.3) is 0 Å². The number of rotatable bonds is 6. The molecule has 0 aliphatic carbocycles. The molecule has 0 aliphatic rings. The highest BCUT2D eigenvalue weighted by Crippen LogP contribution is 2.31. The smallest absolute Gasteiger partial charge is 0.160 e. The van der Waals surface area contributed by atoms with Crippen LogP contribution in [0.3, 0.4) is 0 Å². The summed E-state index contributed by atoms with van der Waals surface area (Å²) in [5.74, 6) is 1.30. The molecule has 0 saturated heterocycles. The fourth-order valence-corrected chi connectivity index (χ4v) is 2.02. The van der Waals surface area contributed by atoms with Crippen molar-refractivity contribution >= 4 is 0 Å². The molecule has 3 nitrogen and oxygen atoms in total. The molecule has 98 valence electrons. The lowest BCUT2D eigenvalue weighted by molar-refractivity contribution is 0.445. The molecule has 0 radical (unpaired) electrons. The van der Waals surface area contributed by atoms with Gasteiger partial charge in [-0.3, -0.25) is 4.68 Å². The quantitative estimate of drug-likeness (QED) is 0.820. The Morgan fingerprint density at radius 3 is 2.35 bits per heavy atom. The van der Waals surface area contributed by atoms with E-state index < -0.39 is 0 Å². The number of hydrogen-bond donors (Lipinski definition) is 1. The molecular weight excluding hydrogens is 212 g/mol. The van der Waals surface area contributed by atoms with Gasteiger partial charge < -0.3 is 5.11 Å². The van der Waals surface area contributed by atoms with Crippen LogP contribution in [0, 0.1) is 5.92 Å². The van der Waals surface area contributed by atoms with E-state index in [4.69, 9.17) is 0 Å². The van der Waals surface area contributed by atoms with Gasteiger partial charge in [-0.15, -0.1) is 0 Å². The molecule has 1 unspecified atom stereocenters. The highest BCUT2D eigenvalue weighted by Gasteiger charge is 2.20. The van der Waals surface area contributed by atoms with Gasteiger partial charge in [-0.2, -0.15) is 5.10 Å². The number of nitrogens with zero attached hydrogens (tertiary/aromatic N) is 2. The van der Waals surface area contributed by atoms with E-state index in [0.717, 1.165) is 37.2 Å². The summed E-state index contributed by atoms with van der Waals surface area (Å²) in [5, 5.41) is 14.9. The Bertz CT molecular complexity index is 355. The summed E-state index contributed by atoms with van der Waals surface area (Å²) in [6, 6.07) is 0. The molecule has 0 fully saturated rings. The third kappa shape index (κ3) is 3.24. The lowest BCUT2D eigenvalue weighted by Gasteiger charge is -2.08. The van der Waals surface area contributed by atoms with Gasteiger partial charge in [-0.05, 0) is 25.2 Å². The molecule has 0 saturated carbocycles. The van der Waals surface area contributed by atoms with Crippen LogP contribution in [0.4, 0.5) is 0 Å². The molecule has 1 atom stereocenters. The zero-order valence-corrected chi connectivity index (χ0v) is 11.8. The summed E-state index contributed by atoms with van der Waals surface area (Å²) in [6.45, 7) is 11.6. The molecule has 0 spiro atoms. The number of aryl methyl sites for hydroxylation is 1. The van der Waals surface area contributed by atoms with E-state index in [0.29, 0.717) is 17.6 Å². The minimum Gasteiger partial charge on any atom is -0.504 e. The van der Waals surface area contributed by atoms with Gasteiger partial charge in [-0.25, -0.2) is 0 Å². The first-order chi connectivity index (χ1) is 8.01. The molecule has 0 aliphatic heterocycles. The van der Waals surface area contributed by atoms with Crippen molar-refractivity contribution in [2.75, 3.05) is 0 Å². The van der Waals surface area contributed by atoms with Crippen LogP contribution in [0.2, 0.25) is 0 Å². The lowest BCUT2D eigenvalue weighted by Crippen LogP contribution is -2.07. The predicted octanol–water partition coefficient (Wildman–Crippen LogP) is 3.71. The Labute approximate surface area is 105 Å². The van der Waals surface area contributed by atoms with E-state index >= 15 is 0 Å². The van der Waals surface area contributed by atoms with Gasteiger partial charge >= 0.3 is 0 Å². The Morgan fingerprint density at radius 1 is 1.24 bits per heavy atom. The van der Waals surface area contributed by atoms with Gasteiger partial charge in [0, 0.05) is 12.5 Å². The van der Waals surface area contributed by atoms with Crippen LogP contribution in [0.5, 0.6) is 5.75 Å². The number of aromatic nitrogens is 2. The van der Waals surface area contributed by atoms with E-state index in [1.165, 1.54) is 0 Å². The second-order valence-corrected chi connectivity index (χ2v) is 5.31. The molecule has 1 aromatic rings. The van der Waals surface area contributed by atoms with Gasteiger partial charge in [0.2, 0.25) is 0 Å². The predicted molar refractivity (Wildman–Crippen MR) is 71.4 cm³/mol. The first-order valence-electron chi connectivity index (χ1n) is 6.79. The summed E-state index contributed by atoms with van der Waals surface area (Å²) in [6.07, 6.45) is 2.96. The minimum atomic E-state index is 0.332. The second kappa shape index (κ2) is 6.08. The van der Waals surface area contributed by atoms with Crippen LogP contribution in [0.15, 0.2) is 0 Å². The fourth-order valence-electron chi connectivity index (χ4n) is 2.02. The molecule has 17 heavy (non-hydrogen) atoms. The van der Waals surface area contributed by atoms with Crippen molar-refractivity contribution in [3.05, 3.63) is 11.4 Å².